The highest BCUT2D eigenvalue weighted by Crippen LogP contribution is 2.36. The number of nitrogens with one attached hydrogen (secondary N) is 2. The standard InChI is InChI=1S/C24H28ClN3O2/c25-22-14-20(27-24(30)26-15-17-6-2-1-3-7-17)10-11-21(22)23(29)28-13-12-18-8-4-5-9-19(18)16-28/h1-3,6-7,10-11,14,18-19H,4-5,8-9,12-13,15-16H2,(H2,26,27,30)/t18-,19+/m1/s1. The lowest BCUT2D eigenvalue weighted by Crippen LogP contribution is -2.44. The van der Waals surface area contributed by atoms with Gasteiger partial charge in [0.15, 0.2) is 0 Å². The first-order valence-electron chi connectivity index (χ1n) is 10.8. The van der Waals surface area contributed by atoms with E-state index in [9.17, 15) is 9.59 Å². The summed E-state index contributed by atoms with van der Waals surface area (Å²) in [5, 5.41) is 5.96. The van der Waals surface area contributed by atoms with Gasteiger partial charge in [0.1, 0.15) is 0 Å². The third-order valence-corrected chi connectivity index (χ3v) is 6.64. The monoisotopic (exact) mass is 425 g/mol. The maximum Gasteiger partial charge on any atom is 0.319 e. The van der Waals surface area contributed by atoms with Crippen LogP contribution in [0.4, 0.5) is 10.5 Å². The van der Waals surface area contributed by atoms with Crippen LogP contribution < -0.4 is 10.6 Å². The summed E-state index contributed by atoms with van der Waals surface area (Å²) in [4.78, 5) is 27.1. The van der Waals surface area contributed by atoms with Gasteiger partial charge in [0.25, 0.3) is 5.91 Å². The second-order valence-electron chi connectivity index (χ2n) is 8.33. The minimum absolute atomic E-state index is 0.0101. The molecule has 5 nitrogen and oxygen atoms in total. The second kappa shape index (κ2) is 9.52. The predicted molar refractivity (Wildman–Crippen MR) is 120 cm³/mol. The van der Waals surface area contributed by atoms with Gasteiger partial charge in [-0.25, -0.2) is 4.79 Å². The number of amides is 3. The van der Waals surface area contributed by atoms with Crippen LogP contribution in [0.3, 0.4) is 0 Å². The van der Waals surface area contributed by atoms with Gasteiger partial charge in [0.05, 0.1) is 10.6 Å². The molecule has 3 amide bonds. The van der Waals surface area contributed by atoms with Gasteiger partial charge in [-0.15, -0.1) is 0 Å². The lowest BCUT2D eigenvalue weighted by molar-refractivity contribution is 0.0521. The zero-order valence-electron chi connectivity index (χ0n) is 17.1. The third-order valence-electron chi connectivity index (χ3n) is 6.33. The molecule has 4 rings (SSSR count). The number of nitrogens with zero attached hydrogens (tertiary/aromatic N) is 1. The molecule has 1 saturated carbocycles. The molecule has 2 atom stereocenters. The highest BCUT2D eigenvalue weighted by molar-refractivity contribution is 6.34. The molecule has 1 saturated heterocycles. The van der Waals surface area contributed by atoms with Crippen LogP contribution in [0.5, 0.6) is 0 Å². The summed E-state index contributed by atoms with van der Waals surface area (Å²) >= 11 is 6.42. The molecular weight excluding hydrogens is 398 g/mol. The van der Waals surface area contributed by atoms with Crippen molar-refractivity contribution in [1.29, 1.82) is 0 Å². The van der Waals surface area contributed by atoms with E-state index in [0.717, 1.165) is 31.0 Å². The Bertz CT molecular complexity index is 903. The highest BCUT2D eigenvalue weighted by atomic mass is 35.5. The Kier molecular flexibility index (Phi) is 6.58. The molecule has 2 aromatic carbocycles. The Balaban J connectivity index is 1.34. The summed E-state index contributed by atoms with van der Waals surface area (Å²) in [6.45, 7) is 2.08. The molecule has 0 radical (unpaired) electrons. The van der Waals surface area contributed by atoms with E-state index < -0.39 is 0 Å². The number of anilines is 1. The van der Waals surface area contributed by atoms with Crippen LogP contribution in [0, 0.1) is 11.8 Å². The van der Waals surface area contributed by atoms with Crippen LogP contribution in [-0.4, -0.2) is 29.9 Å². The van der Waals surface area contributed by atoms with Crippen molar-refractivity contribution in [2.45, 2.75) is 38.6 Å². The summed E-state index contributed by atoms with van der Waals surface area (Å²) in [6, 6.07) is 14.5. The molecule has 2 aromatic rings. The van der Waals surface area contributed by atoms with Crippen molar-refractivity contribution in [3.05, 3.63) is 64.7 Å². The number of rotatable bonds is 4. The van der Waals surface area contributed by atoms with Gasteiger partial charge in [-0.05, 0) is 48.4 Å². The van der Waals surface area contributed by atoms with Crippen molar-refractivity contribution < 1.29 is 9.59 Å². The van der Waals surface area contributed by atoms with Crippen LogP contribution in [-0.2, 0) is 6.54 Å². The number of urea groups is 1. The van der Waals surface area contributed by atoms with E-state index in [4.69, 9.17) is 11.6 Å². The normalized spacial score (nSPS) is 20.9. The highest BCUT2D eigenvalue weighted by Gasteiger charge is 2.33. The fraction of sp³-hybridized carbons (Fsp3) is 0.417. The Morgan fingerprint density at radius 3 is 2.53 bits per heavy atom. The molecule has 0 bridgehead atoms. The Morgan fingerprint density at radius 1 is 1.00 bits per heavy atom. The lowest BCUT2D eigenvalue weighted by atomic mass is 9.75. The van der Waals surface area contributed by atoms with Gasteiger partial charge < -0.3 is 15.5 Å². The maximum atomic E-state index is 13.0. The fourth-order valence-electron chi connectivity index (χ4n) is 4.68. The summed E-state index contributed by atoms with van der Waals surface area (Å²) in [7, 11) is 0. The molecule has 1 aliphatic carbocycles. The summed E-state index contributed by atoms with van der Waals surface area (Å²) in [5.74, 6) is 1.40. The number of halogens is 1. The number of hydrogen-bond acceptors (Lipinski definition) is 2. The molecule has 0 unspecified atom stereocenters. The molecule has 6 heteroatoms. The molecule has 2 N–H and O–H groups in total. The first-order valence-corrected chi connectivity index (χ1v) is 11.2. The van der Waals surface area contributed by atoms with Gasteiger partial charge in [-0.3, -0.25) is 4.79 Å². The van der Waals surface area contributed by atoms with Gasteiger partial charge in [0.2, 0.25) is 0 Å². The van der Waals surface area contributed by atoms with Gasteiger partial charge >= 0.3 is 6.03 Å². The average molecular weight is 426 g/mol. The minimum atomic E-state index is -0.312. The van der Waals surface area contributed by atoms with E-state index in [2.05, 4.69) is 10.6 Å². The smallest absolute Gasteiger partial charge is 0.319 e. The van der Waals surface area contributed by atoms with E-state index in [1.54, 1.807) is 18.2 Å². The molecular formula is C24H28ClN3O2. The number of likely N-dealkylation sites (tertiary alicyclic amines) is 1. The molecule has 0 aromatic heterocycles. The van der Waals surface area contributed by atoms with E-state index in [1.165, 1.54) is 25.7 Å². The number of fused-ring (bicyclic) bond motifs is 1. The molecule has 1 heterocycles. The van der Waals surface area contributed by atoms with Crippen molar-refractivity contribution in [1.82, 2.24) is 10.2 Å². The van der Waals surface area contributed by atoms with Gasteiger partial charge in [-0.2, -0.15) is 0 Å². The summed E-state index contributed by atoms with van der Waals surface area (Å²) in [5.41, 5.74) is 2.09. The Labute approximate surface area is 182 Å². The molecule has 1 aliphatic heterocycles. The molecule has 0 spiro atoms. The molecule has 2 aliphatic rings. The number of carbonyl (C=O) groups excluding carboxylic acids is 2. The van der Waals surface area contributed by atoms with E-state index >= 15 is 0 Å². The fourth-order valence-corrected chi connectivity index (χ4v) is 4.94. The number of benzene rings is 2. The zero-order valence-corrected chi connectivity index (χ0v) is 17.8. The Hall–Kier alpha value is -2.53. The minimum Gasteiger partial charge on any atom is -0.338 e. The van der Waals surface area contributed by atoms with Crippen LogP contribution in [0.15, 0.2) is 48.5 Å². The molecule has 2 fully saturated rings. The quantitative estimate of drug-likeness (QED) is 0.696. The summed E-state index contributed by atoms with van der Waals surface area (Å²) < 4.78 is 0. The largest absolute Gasteiger partial charge is 0.338 e. The topological polar surface area (TPSA) is 61.4 Å². The van der Waals surface area contributed by atoms with Crippen molar-refractivity contribution in [3.8, 4) is 0 Å². The van der Waals surface area contributed by atoms with Crippen LogP contribution in [0.25, 0.3) is 0 Å². The van der Waals surface area contributed by atoms with Crippen molar-refractivity contribution in [3.63, 3.8) is 0 Å². The zero-order chi connectivity index (χ0) is 20.9. The number of piperidine rings is 1. The van der Waals surface area contributed by atoms with E-state index in [1.807, 2.05) is 35.2 Å². The van der Waals surface area contributed by atoms with Gasteiger partial charge in [0, 0.05) is 25.3 Å². The third kappa shape index (κ3) is 4.96. The van der Waals surface area contributed by atoms with Crippen molar-refractivity contribution >= 4 is 29.2 Å². The van der Waals surface area contributed by atoms with Crippen molar-refractivity contribution in [2.24, 2.45) is 11.8 Å². The SMILES string of the molecule is O=C(NCc1ccccc1)Nc1ccc(C(=O)N2CC[C@H]3CCCC[C@H]3C2)c(Cl)c1. The maximum absolute atomic E-state index is 13.0. The average Bonchev–Trinajstić information content (AvgIpc) is 2.78. The number of carbonyl (C=O) groups is 2. The van der Waals surface area contributed by atoms with Gasteiger partial charge in [-0.1, -0.05) is 61.2 Å². The predicted octanol–water partition coefficient (Wildman–Crippen LogP) is 5.31. The Morgan fingerprint density at radius 2 is 1.77 bits per heavy atom. The lowest BCUT2D eigenvalue weighted by Gasteiger charge is -2.41. The second-order valence-corrected chi connectivity index (χ2v) is 8.74. The molecule has 30 heavy (non-hydrogen) atoms. The van der Waals surface area contributed by atoms with Crippen LogP contribution >= 0.6 is 11.6 Å². The summed E-state index contributed by atoms with van der Waals surface area (Å²) in [6.07, 6.45) is 6.23. The molecule has 158 valence electrons. The van der Waals surface area contributed by atoms with E-state index in [-0.39, 0.29) is 11.9 Å². The number of hydrogen-bond donors (Lipinski definition) is 2. The first kappa shape index (κ1) is 20.7. The van der Waals surface area contributed by atoms with E-state index in [0.29, 0.717) is 28.7 Å². The van der Waals surface area contributed by atoms with Crippen molar-refractivity contribution in [2.75, 3.05) is 18.4 Å². The van der Waals surface area contributed by atoms with Crippen LogP contribution in [0.2, 0.25) is 5.02 Å². The van der Waals surface area contributed by atoms with Crippen LogP contribution in [0.1, 0.15) is 48.0 Å². The first-order chi connectivity index (χ1) is 14.6.